The Hall–Kier alpha value is -2.57. The van der Waals surface area contributed by atoms with Gasteiger partial charge in [0.15, 0.2) is 0 Å². The summed E-state index contributed by atoms with van der Waals surface area (Å²) in [6, 6.07) is 5.57. The number of primary amides is 1. The van der Waals surface area contributed by atoms with Gasteiger partial charge in [-0.3, -0.25) is 9.59 Å². The van der Waals surface area contributed by atoms with Gasteiger partial charge in [0, 0.05) is 17.8 Å². The zero-order chi connectivity index (χ0) is 15.8. The van der Waals surface area contributed by atoms with Crippen LogP contribution in [0.3, 0.4) is 0 Å². The number of nitrogens with two attached hydrogens (primary N) is 1. The summed E-state index contributed by atoms with van der Waals surface area (Å²) in [5, 5.41) is 2.40. The number of amides is 3. The normalized spacial score (nSPS) is 9.81. The molecule has 0 atom stereocenters. The van der Waals surface area contributed by atoms with Gasteiger partial charge in [-0.1, -0.05) is 0 Å². The molecule has 0 spiro atoms. The number of esters is 1. The number of rotatable bonds is 6. The second kappa shape index (κ2) is 7.88. The largest absolute Gasteiger partial charge is 0.465 e. The highest BCUT2D eigenvalue weighted by atomic mass is 16.5. The Morgan fingerprint density at radius 3 is 2.29 bits per heavy atom. The molecule has 1 aromatic carbocycles. The van der Waals surface area contributed by atoms with Gasteiger partial charge in [0.25, 0.3) is 5.91 Å². The van der Waals surface area contributed by atoms with E-state index in [1.807, 2.05) is 0 Å². The highest BCUT2D eigenvalue weighted by molar-refractivity contribution is 5.96. The molecule has 0 aromatic heterocycles. The fraction of sp³-hybridized carbons (Fsp3) is 0.357. The third-order valence-corrected chi connectivity index (χ3v) is 2.69. The molecule has 0 aliphatic heterocycles. The van der Waals surface area contributed by atoms with Crippen LogP contribution >= 0.6 is 0 Å². The third kappa shape index (κ3) is 5.13. The lowest BCUT2D eigenvalue weighted by Crippen LogP contribution is -2.36. The lowest BCUT2D eigenvalue weighted by molar-refractivity contribution is -0.143. The predicted octanol–water partition coefficient (Wildman–Crippen LogP) is 1.20. The number of urea groups is 1. The van der Waals surface area contributed by atoms with Crippen molar-refractivity contribution < 1.29 is 19.1 Å². The van der Waals surface area contributed by atoms with Crippen LogP contribution in [0.5, 0.6) is 0 Å². The number of carbonyl (C=O) groups excluding carboxylic acids is 3. The molecule has 0 bridgehead atoms. The molecule has 0 heterocycles. The molecule has 0 radical (unpaired) electrons. The van der Waals surface area contributed by atoms with Crippen molar-refractivity contribution in [3.63, 3.8) is 0 Å². The molecule has 0 saturated carbocycles. The first-order valence-corrected chi connectivity index (χ1v) is 6.59. The average molecular weight is 293 g/mol. The Morgan fingerprint density at radius 1 is 1.19 bits per heavy atom. The van der Waals surface area contributed by atoms with Gasteiger partial charge in [-0.15, -0.1) is 0 Å². The number of hydrogen-bond acceptors (Lipinski definition) is 4. The number of hydrogen-bond donors (Lipinski definition) is 2. The SMILES string of the molecule is CCOC(=O)CN(CC)C(=O)c1ccc(NC(N)=O)cc1. The van der Waals surface area contributed by atoms with Gasteiger partial charge in [-0.2, -0.15) is 0 Å². The molecule has 3 amide bonds. The van der Waals surface area contributed by atoms with E-state index in [4.69, 9.17) is 10.5 Å². The van der Waals surface area contributed by atoms with Gasteiger partial charge >= 0.3 is 12.0 Å². The van der Waals surface area contributed by atoms with Gasteiger partial charge in [-0.25, -0.2) is 4.79 Å². The van der Waals surface area contributed by atoms with E-state index in [-0.39, 0.29) is 19.1 Å². The predicted molar refractivity (Wildman–Crippen MR) is 77.9 cm³/mol. The van der Waals surface area contributed by atoms with Crippen molar-refractivity contribution in [2.45, 2.75) is 13.8 Å². The summed E-state index contributed by atoms with van der Waals surface area (Å²) in [6.07, 6.45) is 0. The highest BCUT2D eigenvalue weighted by Gasteiger charge is 2.17. The van der Waals surface area contributed by atoms with E-state index in [9.17, 15) is 14.4 Å². The molecule has 114 valence electrons. The van der Waals surface area contributed by atoms with Crippen LogP contribution in [0.15, 0.2) is 24.3 Å². The topological polar surface area (TPSA) is 102 Å². The summed E-state index contributed by atoms with van der Waals surface area (Å²) in [4.78, 5) is 35.8. The van der Waals surface area contributed by atoms with Crippen LogP contribution in [0.2, 0.25) is 0 Å². The van der Waals surface area contributed by atoms with Gasteiger partial charge < -0.3 is 20.7 Å². The van der Waals surface area contributed by atoms with Crippen molar-refractivity contribution in [1.82, 2.24) is 4.90 Å². The Bertz CT molecular complexity index is 513. The second-order valence-corrected chi connectivity index (χ2v) is 4.19. The maximum absolute atomic E-state index is 12.3. The maximum Gasteiger partial charge on any atom is 0.325 e. The number of nitrogens with zero attached hydrogens (tertiary/aromatic N) is 1. The van der Waals surface area contributed by atoms with Gasteiger partial charge in [0.05, 0.1) is 6.61 Å². The minimum Gasteiger partial charge on any atom is -0.465 e. The average Bonchev–Trinajstić information content (AvgIpc) is 2.44. The van der Waals surface area contributed by atoms with Crippen molar-refractivity contribution in [2.75, 3.05) is 25.0 Å². The van der Waals surface area contributed by atoms with Crippen LogP contribution in [0.25, 0.3) is 0 Å². The second-order valence-electron chi connectivity index (χ2n) is 4.19. The van der Waals surface area contributed by atoms with E-state index in [2.05, 4.69) is 5.32 Å². The summed E-state index contributed by atoms with van der Waals surface area (Å²) in [6.45, 7) is 4.06. The summed E-state index contributed by atoms with van der Waals surface area (Å²) < 4.78 is 4.83. The van der Waals surface area contributed by atoms with Gasteiger partial charge in [0.2, 0.25) is 0 Å². The van der Waals surface area contributed by atoms with Crippen molar-refractivity contribution in [2.24, 2.45) is 5.73 Å². The molecule has 0 unspecified atom stereocenters. The van der Waals surface area contributed by atoms with Crippen molar-refractivity contribution >= 4 is 23.6 Å². The first-order chi connectivity index (χ1) is 9.97. The Kier molecular flexibility index (Phi) is 6.19. The van der Waals surface area contributed by atoms with E-state index in [1.54, 1.807) is 38.1 Å². The number of ether oxygens (including phenoxy) is 1. The summed E-state index contributed by atoms with van der Waals surface area (Å²) in [5.74, 6) is -0.726. The molecule has 0 aliphatic rings. The van der Waals surface area contributed by atoms with Crippen molar-refractivity contribution in [1.29, 1.82) is 0 Å². The fourth-order valence-electron chi connectivity index (χ4n) is 1.71. The van der Waals surface area contributed by atoms with E-state index in [0.717, 1.165) is 0 Å². The molecule has 1 aromatic rings. The van der Waals surface area contributed by atoms with Crippen LogP contribution in [0, 0.1) is 0 Å². The van der Waals surface area contributed by atoms with Crippen LogP contribution in [0.4, 0.5) is 10.5 Å². The minimum atomic E-state index is -0.674. The minimum absolute atomic E-state index is 0.0928. The zero-order valence-corrected chi connectivity index (χ0v) is 12.1. The summed E-state index contributed by atoms with van der Waals surface area (Å²) >= 11 is 0. The first kappa shape index (κ1) is 16.5. The number of anilines is 1. The van der Waals surface area contributed by atoms with Gasteiger partial charge in [-0.05, 0) is 38.1 Å². The Morgan fingerprint density at radius 2 is 1.81 bits per heavy atom. The van der Waals surface area contributed by atoms with Crippen LogP contribution < -0.4 is 11.1 Å². The lowest BCUT2D eigenvalue weighted by atomic mass is 10.2. The molecule has 7 nitrogen and oxygen atoms in total. The highest BCUT2D eigenvalue weighted by Crippen LogP contribution is 2.11. The van der Waals surface area contributed by atoms with Crippen LogP contribution in [-0.2, 0) is 9.53 Å². The Labute approximate surface area is 123 Å². The van der Waals surface area contributed by atoms with Crippen molar-refractivity contribution in [3.8, 4) is 0 Å². The molecule has 21 heavy (non-hydrogen) atoms. The number of carbonyl (C=O) groups is 3. The summed E-state index contributed by atoms with van der Waals surface area (Å²) in [5.41, 5.74) is 5.90. The van der Waals surface area contributed by atoms with E-state index >= 15 is 0 Å². The van der Waals surface area contributed by atoms with Crippen molar-refractivity contribution in [3.05, 3.63) is 29.8 Å². The Balaban J connectivity index is 2.75. The number of benzene rings is 1. The maximum atomic E-state index is 12.3. The zero-order valence-electron chi connectivity index (χ0n) is 12.1. The molecule has 7 heteroatoms. The van der Waals surface area contributed by atoms with Gasteiger partial charge in [0.1, 0.15) is 6.54 Å². The smallest absolute Gasteiger partial charge is 0.325 e. The fourth-order valence-corrected chi connectivity index (χ4v) is 1.71. The third-order valence-electron chi connectivity index (χ3n) is 2.69. The number of nitrogens with one attached hydrogen (secondary N) is 1. The van der Waals surface area contributed by atoms with E-state index in [0.29, 0.717) is 17.8 Å². The molecular weight excluding hydrogens is 274 g/mol. The molecule has 0 fully saturated rings. The van der Waals surface area contributed by atoms with E-state index < -0.39 is 12.0 Å². The standard InChI is InChI=1S/C14H19N3O4/c1-3-17(9-12(18)21-4-2)13(19)10-5-7-11(8-6-10)16-14(15)20/h5-8H,3-4,9H2,1-2H3,(H3,15,16,20). The quantitative estimate of drug-likeness (QED) is 0.769. The first-order valence-electron chi connectivity index (χ1n) is 6.59. The molecular formula is C14H19N3O4. The van der Waals surface area contributed by atoms with E-state index in [1.165, 1.54) is 4.90 Å². The van der Waals surface area contributed by atoms with Crippen LogP contribution in [0.1, 0.15) is 24.2 Å². The monoisotopic (exact) mass is 293 g/mol. The molecule has 3 N–H and O–H groups in total. The molecule has 1 rings (SSSR count). The number of likely N-dealkylation sites (N-methyl/N-ethyl adjacent to an activating group) is 1. The lowest BCUT2D eigenvalue weighted by Gasteiger charge is -2.19. The summed E-state index contributed by atoms with van der Waals surface area (Å²) in [7, 11) is 0. The van der Waals surface area contributed by atoms with Crippen LogP contribution in [-0.4, -0.2) is 42.5 Å². The molecule has 0 saturated heterocycles. The molecule has 0 aliphatic carbocycles.